The normalized spacial score (nSPS) is 10.7. The quantitative estimate of drug-likeness (QED) is 0.621. The average Bonchev–Trinajstić information content (AvgIpc) is 3.11. The molecule has 0 aliphatic carbocycles. The zero-order chi connectivity index (χ0) is 17.1. The maximum Gasteiger partial charge on any atom is 0.273 e. The van der Waals surface area contributed by atoms with Crippen LogP contribution in [0.2, 0.25) is 0 Å². The highest BCUT2D eigenvalue weighted by Crippen LogP contribution is 2.16. The number of amides is 1. The molecular weight excluding hydrogens is 312 g/mol. The Kier molecular flexibility index (Phi) is 3.96. The van der Waals surface area contributed by atoms with Crippen LogP contribution < -0.4 is 5.32 Å². The first-order valence-corrected chi connectivity index (χ1v) is 8.01. The van der Waals surface area contributed by atoms with Crippen molar-refractivity contribution in [3.05, 3.63) is 90.5 Å². The van der Waals surface area contributed by atoms with Crippen molar-refractivity contribution < 1.29 is 4.79 Å². The van der Waals surface area contributed by atoms with E-state index in [1.54, 1.807) is 18.5 Å². The fourth-order valence-corrected chi connectivity index (χ4v) is 2.76. The van der Waals surface area contributed by atoms with Crippen LogP contribution in [0.4, 0.5) is 5.82 Å². The Bertz CT molecular complexity index is 1020. The SMILES string of the molecule is O=C(Nc1ccc2ccccc2n1)c1cccn1Cc1ccncc1. The monoisotopic (exact) mass is 328 g/mol. The molecule has 0 atom stereocenters. The molecule has 1 amide bonds. The average molecular weight is 328 g/mol. The van der Waals surface area contributed by atoms with E-state index in [9.17, 15) is 4.79 Å². The van der Waals surface area contributed by atoms with E-state index in [-0.39, 0.29) is 5.91 Å². The predicted molar refractivity (Wildman–Crippen MR) is 97.5 cm³/mol. The molecule has 0 bridgehead atoms. The van der Waals surface area contributed by atoms with Crippen LogP contribution in [0.5, 0.6) is 0 Å². The maximum absolute atomic E-state index is 12.6. The number of carbonyl (C=O) groups excluding carboxylic acids is 1. The van der Waals surface area contributed by atoms with Crippen molar-refractivity contribution in [3.8, 4) is 0 Å². The molecule has 0 aliphatic rings. The molecule has 0 saturated carbocycles. The molecule has 3 heterocycles. The van der Waals surface area contributed by atoms with E-state index in [2.05, 4.69) is 15.3 Å². The minimum atomic E-state index is -0.179. The van der Waals surface area contributed by atoms with E-state index in [0.717, 1.165) is 16.5 Å². The molecule has 1 aromatic carbocycles. The Hall–Kier alpha value is -3.47. The summed E-state index contributed by atoms with van der Waals surface area (Å²) in [5.41, 5.74) is 2.53. The first-order valence-electron chi connectivity index (χ1n) is 8.01. The van der Waals surface area contributed by atoms with Crippen LogP contribution in [-0.4, -0.2) is 20.4 Å². The van der Waals surface area contributed by atoms with E-state index in [4.69, 9.17) is 0 Å². The third-order valence-corrected chi connectivity index (χ3v) is 4.00. The van der Waals surface area contributed by atoms with Crippen LogP contribution in [0, 0.1) is 0 Å². The van der Waals surface area contributed by atoms with Gasteiger partial charge in [0.15, 0.2) is 0 Å². The molecule has 3 aromatic heterocycles. The van der Waals surface area contributed by atoms with Crippen molar-refractivity contribution in [1.29, 1.82) is 0 Å². The number of nitrogens with one attached hydrogen (secondary N) is 1. The number of pyridine rings is 2. The number of anilines is 1. The van der Waals surface area contributed by atoms with Gasteiger partial charge in [0.05, 0.1) is 5.52 Å². The van der Waals surface area contributed by atoms with Gasteiger partial charge in [0, 0.05) is 30.5 Å². The Morgan fingerprint density at radius 3 is 2.68 bits per heavy atom. The van der Waals surface area contributed by atoms with Crippen molar-refractivity contribution in [2.45, 2.75) is 6.54 Å². The number of rotatable bonds is 4. The highest BCUT2D eigenvalue weighted by atomic mass is 16.2. The zero-order valence-electron chi connectivity index (χ0n) is 13.5. The second-order valence-electron chi connectivity index (χ2n) is 5.72. The fourth-order valence-electron chi connectivity index (χ4n) is 2.76. The molecule has 5 heteroatoms. The smallest absolute Gasteiger partial charge is 0.273 e. The summed E-state index contributed by atoms with van der Waals surface area (Å²) in [6.45, 7) is 0.615. The van der Waals surface area contributed by atoms with E-state index in [1.165, 1.54) is 0 Å². The first-order chi connectivity index (χ1) is 12.3. The highest BCUT2D eigenvalue weighted by Gasteiger charge is 2.12. The number of carbonyl (C=O) groups is 1. The van der Waals surface area contributed by atoms with E-state index >= 15 is 0 Å². The summed E-state index contributed by atoms with van der Waals surface area (Å²) in [6, 6.07) is 19.1. The molecule has 0 fully saturated rings. The Labute approximate surface area is 145 Å². The lowest BCUT2D eigenvalue weighted by molar-refractivity contribution is 0.101. The van der Waals surface area contributed by atoms with Crippen LogP contribution in [0.3, 0.4) is 0 Å². The van der Waals surface area contributed by atoms with Gasteiger partial charge in [0.25, 0.3) is 5.91 Å². The van der Waals surface area contributed by atoms with Gasteiger partial charge in [0.2, 0.25) is 0 Å². The lowest BCUT2D eigenvalue weighted by Gasteiger charge is -2.10. The minimum Gasteiger partial charge on any atom is -0.339 e. The number of para-hydroxylation sites is 1. The van der Waals surface area contributed by atoms with Crippen molar-refractivity contribution in [3.63, 3.8) is 0 Å². The second-order valence-corrected chi connectivity index (χ2v) is 5.72. The van der Waals surface area contributed by atoms with Gasteiger partial charge in [-0.3, -0.25) is 9.78 Å². The number of nitrogens with zero attached hydrogens (tertiary/aromatic N) is 3. The Morgan fingerprint density at radius 2 is 1.80 bits per heavy atom. The summed E-state index contributed by atoms with van der Waals surface area (Å²) in [5, 5.41) is 3.92. The largest absolute Gasteiger partial charge is 0.339 e. The zero-order valence-corrected chi connectivity index (χ0v) is 13.5. The van der Waals surface area contributed by atoms with Crippen LogP contribution in [-0.2, 0) is 6.54 Å². The third-order valence-electron chi connectivity index (χ3n) is 4.00. The van der Waals surface area contributed by atoms with Gasteiger partial charge >= 0.3 is 0 Å². The molecule has 0 aliphatic heterocycles. The van der Waals surface area contributed by atoms with Gasteiger partial charge in [0.1, 0.15) is 11.5 Å². The number of aromatic nitrogens is 3. The minimum absolute atomic E-state index is 0.179. The molecule has 4 aromatic rings. The molecule has 1 N–H and O–H groups in total. The Morgan fingerprint density at radius 1 is 0.960 bits per heavy atom. The maximum atomic E-state index is 12.6. The molecule has 0 saturated heterocycles. The molecule has 0 unspecified atom stereocenters. The molecule has 0 radical (unpaired) electrons. The number of benzene rings is 1. The Balaban J connectivity index is 1.56. The van der Waals surface area contributed by atoms with E-state index < -0.39 is 0 Å². The van der Waals surface area contributed by atoms with Crippen molar-refractivity contribution >= 4 is 22.6 Å². The van der Waals surface area contributed by atoms with Gasteiger partial charge in [-0.05, 0) is 48.0 Å². The van der Waals surface area contributed by atoms with Crippen molar-refractivity contribution in [1.82, 2.24) is 14.5 Å². The number of fused-ring (bicyclic) bond motifs is 1. The van der Waals surface area contributed by atoms with E-state index in [1.807, 2.05) is 65.4 Å². The number of hydrogen-bond donors (Lipinski definition) is 1. The molecule has 4 rings (SSSR count). The molecule has 122 valence electrons. The number of hydrogen-bond acceptors (Lipinski definition) is 3. The van der Waals surface area contributed by atoms with Crippen LogP contribution in [0.15, 0.2) is 79.3 Å². The summed E-state index contributed by atoms with van der Waals surface area (Å²) in [4.78, 5) is 21.1. The third kappa shape index (κ3) is 3.26. The predicted octanol–water partition coefficient (Wildman–Crippen LogP) is 3.73. The van der Waals surface area contributed by atoms with E-state index in [0.29, 0.717) is 18.1 Å². The molecule has 5 nitrogen and oxygen atoms in total. The van der Waals surface area contributed by atoms with Crippen LogP contribution in [0.25, 0.3) is 10.9 Å². The lowest BCUT2D eigenvalue weighted by Crippen LogP contribution is -2.17. The van der Waals surface area contributed by atoms with Gasteiger partial charge in [-0.15, -0.1) is 0 Å². The fraction of sp³-hybridized carbons (Fsp3) is 0.0500. The summed E-state index contributed by atoms with van der Waals surface area (Å²) >= 11 is 0. The molecular formula is C20H16N4O. The van der Waals surface area contributed by atoms with Crippen molar-refractivity contribution in [2.75, 3.05) is 5.32 Å². The summed E-state index contributed by atoms with van der Waals surface area (Å²) in [7, 11) is 0. The topological polar surface area (TPSA) is 59.8 Å². The summed E-state index contributed by atoms with van der Waals surface area (Å²) < 4.78 is 1.91. The standard InChI is InChI=1S/C20H16N4O/c25-20(23-19-8-7-16-4-1-2-5-17(16)22-19)18-6-3-13-24(18)14-15-9-11-21-12-10-15/h1-13H,14H2,(H,22,23,25). The van der Waals surface area contributed by atoms with Crippen molar-refractivity contribution in [2.24, 2.45) is 0 Å². The van der Waals surface area contributed by atoms with Gasteiger partial charge in [-0.1, -0.05) is 18.2 Å². The highest BCUT2D eigenvalue weighted by molar-refractivity contribution is 6.03. The van der Waals surface area contributed by atoms with Crippen LogP contribution >= 0.6 is 0 Å². The lowest BCUT2D eigenvalue weighted by atomic mass is 10.2. The van der Waals surface area contributed by atoms with Crippen LogP contribution in [0.1, 0.15) is 16.1 Å². The summed E-state index contributed by atoms with van der Waals surface area (Å²) in [6.07, 6.45) is 5.39. The second kappa shape index (κ2) is 6.57. The molecule has 0 spiro atoms. The molecule has 25 heavy (non-hydrogen) atoms. The van der Waals surface area contributed by atoms with Gasteiger partial charge in [-0.25, -0.2) is 4.98 Å². The summed E-state index contributed by atoms with van der Waals surface area (Å²) in [5.74, 6) is 0.363. The first kappa shape index (κ1) is 15.1. The van der Waals surface area contributed by atoms with Gasteiger partial charge in [-0.2, -0.15) is 0 Å². The van der Waals surface area contributed by atoms with Gasteiger partial charge < -0.3 is 9.88 Å².